The Morgan fingerprint density at radius 3 is 2.43 bits per heavy atom. The molecule has 1 heterocycles. The first kappa shape index (κ1) is 25.6. The summed E-state index contributed by atoms with van der Waals surface area (Å²) in [6.07, 6.45) is 1.75. The summed E-state index contributed by atoms with van der Waals surface area (Å²) in [6, 6.07) is 14.8. The van der Waals surface area contributed by atoms with Crippen LogP contribution in [0.1, 0.15) is 22.3 Å². The number of ether oxygens (including phenoxy) is 2. The summed E-state index contributed by atoms with van der Waals surface area (Å²) in [7, 11) is 1.54. The molecule has 35 heavy (non-hydrogen) atoms. The molecule has 1 N–H and O–H groups in total. The van der Waals surface area contributed by atoms with Crippen molar-refractivity contribution in [3.8, 4) is 11.5 Å². The summed E-state index contributed by atoms with van der Waals surface area (Å²) in [5.41, 5.74) is 4.59. The van der Waals surface area contributed by atoms with E-state index in [2.05, 4.69) is 26.2 Å². The second kappa shape index (κ2) is 11.1. The third-order valence-electron chi connectivity index (χ3n) is 5.15. The van der Waals surface area contributed by atoms with Gasteiger partial charge in [-0.3, -0.25) is 4.79 Å². The first-order valence-electron chi connectivity index (χ1n) is 10.5. The number of hydrogen-bond acceptors (Lipinski definition) is 5. The second-order valence-corrected chi connectivity index (χ2v) is 10.5. The van der Waals surface area contributed by atoms with Crippen molar-refractivity contribution in [3.05, 3.63) is 90.2 Å². The zero-order valence-electron chi connectivity index (χ0n) is 19.1. The van der Waals surface area contributed by atoms with Crippen LogP contribution in [0.4, 0.5) is 5.69 Å². The highest BCUT2D eigenvalue weighted by Crippen LogP contribution is 2.39. The highest BCUT2D eigenvalue weighted by molar-refractivity contribution is 9.10. The fraction of sp³-hybridized carbons (Fsp3) is 0.154. The average molecular weight is 592 g/mol. The standard InChI is InChI=1S/C26H21BrCl2N2O3S/c1-14-8-19(9-15(2)23(14)27)30-26-31-25(32)22(35-26)12-17-10-20(29)24(21(11-17)33-3)34-13-16-4-6-18(28)7-5-16/h4-12H,13H2,1-3H3,(H,30,31,32)/b22-12-. The maximum absolute atomic E-state index is 12.6. The summed E-state index contributed by atoms with van der Waals surface area (Å²) in [5.74, 6) is 0.673. The number of benzene rings is 3. The molecule has 0 atom stereocenters. The first-order valence-corrected chi connectivity index (χ1v) is 12.9. The van der Waals surface area contributed by atoms with E-state index in [0.717, 1.165) is 26.9 Å². The topological polar surface area (TPSA) is 59.9 Å². The van der Waals surface area contributed by atoms with Crippen LogP contribution in [0.2, 0.25) is 10.0 Å². The number of amidine groups is 1. The first-order chi connectivity index (χ1) is 16.7. The van der Waals surface area contributed by atoms with Crippen LogP contribution in [0.3, 0.4) is 0 Å². The van der Waals surface area contributed by atoms with E-state index in [9.17, 15) is 4.79 Å². The van der Waals surface area contributed by atoms with Crippen molar-refractivity contribution < 1.29 is 14.3 Å². The third kappa shape index (κ3) is 6.22. The fourth-order valence-electron chi connectivity index (χ4n) is 3.44. The number of carbonyl (C=O) groups excluding carboxylic acids is 1. The molecule has 9 heteroatoms. The summed E-state index contributed by atoms with van der Waals surface area (Å²) >= 11 is 17.3. The van der Waals surface area contributed by atoms with E-state index in [-0.39, 0.29) is 5.91 Å². The number of nitrogens with one attached hydrogen (secondary N) is 1. The number of hydrogen-bond donors (Lipinski definition) is 1. The van der Waals surface area contributed by atoms with Crippen LogP contribution < -0.4 is 14.8 Å². The van der Waals surface area contributed by atoms with Crippen molar-refractivity contribution in [2.75, 3.05) is 7.11 Å². The van der Waals surface area contributed by atoms with Gasteiger partial charge in [0.1, 0.15) is 6.61 Å². The van der Waals surface area contributed by atoms with E-state index in [1.807, 2.05) is 38.1 Å². The molecule has 0 spiro atoms. The average Bonchev–Trinajstić information content (AvgIpc) is 3.15. The molecule has 180 valence electrons. The smallest absolute Gasteiger partial charge is 0.264 e. The van der Waals surface area contributed by atoms with Crippen molar-refractivity contribution >= 4 is 73.7 Å². The molecule has 3 aromatic carbocycles. The minimum absolute atomic E-state index is 0.225. The summed E-state index contributed by atoms with van der Waals surface area (Å²) in [4.78, 5) is 17.7. The molecule has 5 nitrogen and oxygen atoms in total. The molecule has 0 bridgehead atoms. The molecule has 1 aliphatic rings. The quantitative estimate of drug-likeness (QED) is 0.296. The molecule has 0 aromatic heterocycles. The molecule has 0 aliphatic carbocycles. The van der Waals surface area contributed by atoms with Gasteiger partial charge in [-0.15, -0.1) is 0 Å². The highest BCUT2D eigenvalue weighted by atomic mass is 79.9. The Labute approximate surface area is 226 Å². The van der Waals surface area contributed by atoms with Gasteiger partial charge in [0.05, 0.1) is 22.7 Å². The van der Waals surface area contributed by atoms with Crippen LogP contribution in [-0.2, 0) is 11.4 Å². The van der Waals surface area contributed by atoms with Crippen molar-refractivity contribution in [3.63, 3.8) is 0 Å². The van der Waals surface area contributed by atoms with Crippen LogP contribution in [0.15, 0.2) is 62.9 Å². The molecule has 0 radical (unpaired) electrons. The van der Waals surface area contributed by atoms with Crippen LogP contribution in [0.5, 0.6) is 11.5 Å². The second-order valence-electron chi connectivity index (χ2n) is 7.82. The largest absolute Gasteiger partial charge is 0.493 e. The van der Waals surface area contributed by atoms with Crippen molar-refractivity contribution in [1.82, 2.24) is 5.32 Å². The Balaban J connectivity index is 1.54. The SMILES string of the molecule is COc1cc(/C=C2\SC(=Nc3cc(C)c(Br)c(C)c3)NC2=O)cc(Cl)c1OCc1ccc(Cl)cc1. The van der Waals surface area contributed by atoms with Gasteiger partial charge >= 0.3 is 0 Å². The van der Waals surface area contributed by atoms with Crippen molar-refractivity contribution in [1.29, 1.82) is 0 Å². The molecule has 4 rings (SSSR count). The lowest BCUT2D eigenvalue weighted by Gasteiger charge is -2.13. The number of methoxy groups -OCH3 is 1. The maximum Gasteiger partial charge on any atom is 0.264 e. The number of thioether (sulfide) groups is 1. The molecule has 0 unspecified atom stereocenters. The van der Waals surface area contributed by atoms with E-state index < -0.39 is 0 Å². The highest BCUT2D eigenvalue weighted by Gasteiger charge is 2.24. The Hall–Kier alpha value is -2.45. The summed E-state index contributed by atoms with van der Waals surface area (Å²) in [6.45, 7) is 4.32. The zero-order valence-corrected chi connectivity index (χ0v) is 23.0. The van der Waals surface area contributed by atoms with Crippen LogP contribution >= 0.6 is 50.9 Å². The molecule has 1 amide bonds. The van der Waals surface area contributed by atoms with Gasteiger partial charge in [-0.2, -0.15) is 0 Å². The van der Waals surface area contributed by atoms with Gasteiger partial charge in [0.15, 0.2) is 16.7 Å². The fourth-order valence-corrected chi connectivity index (χ4v) is 4.91. The molecule has 3 aromatic rings. The Bertz CT molecular complexity index is 1330. The number of amides is 1. The van der Waals surface area contributed by atoms with Gasteiger partial charge in [0.2, 0.25) is 0 Å². The van der Waals surface area contributed by atoms with Crippen LogP contribution in [0.25, 0.3) is 6.08 Å². The molecule has 1 aliphatic heterocycles. The Kier molecular flexibility index (Phi) is 8.12. The van der Waals surface area contributed by atoms with E-state index in [0.29, 0.717) is 43.8 Å². The zero-order chi connectivity index (χ0) is 25.1. The molecule has 1 fully saturated rings. The predicted molar refractivity (Wildman–Crippen MR) is 148 cm³/mol. The van der Waals surface area contributed by atoms with Gasteiger partial charge in [0.25, 0.3) is 5.91 Å². The monoisotopic (exact) mass is 590 g/mol. The third-order valence-corrected chi connectivity index (χ3v) is 7.84. The van der Waals surface area contributed by atoms with Gasteiger partial charge in [-0.1, -0.05) is 51.3 Å². The van der Waals surface area contributed by atoms with E-state index in [1.165, 1.54) is 11.8 Å². The Morgan fingerprint density at radius 2 is 1.77 bits per heavy atom. The van der Waals surface area contributed by atoms with Crippen LogP contribution in [0, 0.1) is 13.8 Å². The maximum atomic E-state index is 12.6. The van der Waals surface area contributed by atoms with E-state index in [4.69, 9.17) is 32.7 Å². The van der Waals surface area contributed by atoms with Crippen molar-refractivity contribution in [2.24, 2.45) is 4.99 Å². The lowest BCUT2D eigenvalue weighted by Crippen LogP contribution is -2.19. The summed E-state index contributed by atoms with van der Waals surface area (Å²) in [5, 5.41) is 4.37. The van der Waals surface area contributed by atoms with E-state index in [1.54, 1.807) is 37.5 Å². The van der Waals surface area contributed by atoms with Crippen LogP contribution in [-0.4, -0.2) is 18.2 Å². The normalized spacial score (nSPS) is 15.5. The van der Waals surface area contributed by atoms with Gasteiger partial charge in [0, 0.05) is 9.50 Å². The summed E-state index contributed by atoms with van der Waals surface area (Å²) < 4.78 is 12.5. The number of nitrogens with zero attached hydrogens (tertiary/aromatic N) is 1. The van der Waals surface area contributed by atoms with Gasteiger partial charge in [-0.25, -0.2) is 4.99 Å². The molecular formula is C26H21BrCl2N2O3S. The van der Waals surface area contributed by atoms with Crippen molar-refractivity contribution in [2.45, 2.75) is 20.5 Å². The minimum Gasteiger partial charge on any atom is -0.493 e. The molecular weight excluding hydrogens is 571 g/mol. The molecule has 0 saturated carbocycles. The number of halogens is 3. The lowest BCUT2D eigenvalue weighted by atomic mass is 10.1. The number of aliphatic imine (C=N–C) groups is 1. The lowest BCUT2D eigenvalue weighted by molar-refractivity contribution is -0.115. The number of carbonyl (C=O) groups is 1. The van der Waals surface area contributed by atoms with E-state index >= 15 is 0 Å². The molecule has 1 saturated heterocycles. The number of rotatable bonds is 6. The Morgan fingerprint density at radius 1 is 1.09 bits per heavy atom. The van der Waals surface area contributed by atoms with Gasteiger partial charge < -0.3 is 14.8 Å². The predicted octanol–water partition coefficient (Wildman–Crippen LogP) is 7.85. The minimum atomic E-state index is -0.225. The van der Waals surface area contributed by atoms with Gasteiger partial charge in [-0.05, 0) is 90.3 Å². The number of aryl methyl sites for hydroxylation is 2.